The van der Waals surface area contributed by atoms with E-state index in [4.69, 9.17) is 16.3 Å². The quantitative estimate of drug-likeness (QED) is 0.489. The van der Waals surface area contributed by atoms with Crippen LogP contribution < -0.4 is 48.6 Å². The molecule has 1 saturated heterocycles. The van der Waals surface area contributed by atoms with E-state index >= 15 is 0 Å². The number of hydrogen-bond acceptors (Lipinski definition) is 6. The van der Waals surface area contributed by atoms with Crippen molar-refractivity contribution >= 4 is 39.2 Å². The predicted molar refractivity (Wildman–Crippen MR) is 115 cm³/mol. The minimum absolute atomic E-state index is 0. The van der Waals surface area contributed by atoms with Crippen LogP contribution in [0.5, 0.6) is 5.75 Å². The summed E-state index contributed by atoms with van der Waals surface area (Å²) >= 11 is 5.87. The second-order valence-corrected chi connectivity index (χ2v) is 9.14. The Bertz CT molecular complexity index is 1100. The number of aromatic nitrogens is 2. The number of carbonyl (C=O) groups excluding carboxylic acids is 1. The van der Waals surface area contributed by atoms with Gasteiger partial charge in [0.2, 0.25) is 0 Å². The molecular weight excluding hydrogens is 514 g/mol. The molecule has 2 heterocycles. The van der Waals surface area contributed by atoms with Gasteiger partial charge in [-0.3, -0.25) is 4.68 Å². The smallest absolute Gasteiger partial charge is 1.00 e. The van der Waals surface area contributed by atoms with E-state index < -0.39 is 35.1 Å². The molecule has 16 heteroatoms. The van der Waals surface area contributed by atoms with Crippen LogP contribution in [0.1, 0.15) is 14.3 Å². The zero-order valence-electron chi connectivity index (χ0n) is 19.3. The van der Waals surface area contributed by atoms with E-state index in [0.717, 1.165) is 16.4 Å². The van der Waals surface area contributed by atoms with E-state index in [9.17, 15) is 26.4 Å². The van der Waals surface area contributed by atoms with Gasteiger partial charge in [-0.2, -0.15) is 26.7 Å². The number of benzene rings is 1. The average Bonchev–Trinajstić information content (AvgIpc) is 3.11. The van der Waals surface area contributed by atoms with Gasteiger partial charge in [-0.15, -0.1) is 0 Å². The number of ether oxygens (including phenoxy) is 2. The molecule has 0 saturated carbocycles. The van der Waals surface area contributed by atoms with Crippen molar-refractivity contribution < 1.29 is 66.8 Å². The Balaban J connectivity index is 0.00000306. The number of urea groups is 1. The Hall–Kier alpha value is -1.71. The maximum atomic E-state index is 13.1. The fourth-order valence-electron chi connectivity index (χ4n) is 3.19. The van der Waals surface area contributed by atoms with Crippen LogP contribution in [-0.4, -0.2) is 56.3 Å². The van der Waals surface area contributed by atoms with Crippen molar-refractivity contribution in [1.29, 1.82) is 0 Å². The molecule has 0 bridgehead atoms. The van der Waals surface area contributed by atoms with E-state index in [1.165, 1.54) is 23.1 Å². The monoisotopic (exact) mass is 535 g/mol. The molecule has 0 aliphatic carbocycles. The van der Waals surface area contributed by atoms with Crippen LogP contribution in [0.3, 0.4) is 0 Å². The Morgan fingerprint density at radius 2 is 2.03 bits per heavy atom. The summed E-state index contributed by atoms with van der Waals surface area (Å²) in [6.07, 6.45) is -0.903. The summed E-state index contributed by atoms with van der Waals surface area (Å²) in [5, 5.41) is 6.21. The average molecular weight is 536 g/mol. The molecule has 0 unspecified atom stereocenters. The number of anilines is 2. The van der Waals surface area contributed by atoms with Crippen molar-refractivity contribution in [2.75, 3.05) is 29.4 Å². The largest absolute Gasteiger partial charge is 1.00 e. The summed E-state index contributed by atoms with van der Waals surface area (Å²) in [5.74, 6) is -0.253. The second kappa shape index (κ2) is 11.8. The van der Waals surface area contributed by atoms with Crippen molar-refractivity contribution in [2.24, 2.45) is 7.05 Å². The third-order valence-electron chi connectivity index (χ3n) is 4.48. The van der Waals surface area contributed by atoms with Gasteiger partial charge in [-0.1, -0.05) is 11.6 Å². The molecule has 2 amide bonds. The molecule has 1 aliphatic heterocycles. The van der Waals surface area contributed by atoms with Crippen LogP contribution in [0, 0.1) is 0 Å². The maximum absolute atomic E-state index is 13.1. The van der Waals surface area contributed by atoms with E-state index in [-0.39, 0.29) is 53.1 Å². The standard InChI is InChI=1S/C18H21ClF3N5O5S.Na.H/c1-26-10-15(9-23-26)27(14-2-4-31-5-3-14)33(29,30)25-17(28)24-13-6-12(19)7-16(8-13)32-11-18(20,21)22;;/h6-10,14H,2-5,11H2,1H3,(H2,24,25,28);;/q;+1;-1. The van der Waals surface area contributed by atoms with Crippen molar-refractivity contribution in [1.82, 2.24) is 14.5 Å². The summed E-state index contributed by atoms with van der Waals surface area (Å²) in [6.45, 7) is -0.850. The second-order valence-electron chi connectivity index (χ2n) is 7.15. The summed E-state index contributed by atoms with van der Waals surface area (Å²) in [5.41, 5.74) is 0.196. The molecule has 1 aliphatic rings. The van der Waals surface area contributed by atoms with E-state index in [1.807, 2.05) is 4.72 Å². The number of rotatable bonds is 7. The molecule has 0 radical (unpaired) electrons. The van der Waals surface area contributed by atoms with Crippen molar-refractivity contribution in [3.63, 3.8) is 0 Å². The van der Waals surface area contributed by atoms with Crippen molar-refractivity contribution in [3.8, 4) is 5.75 Å². The van der Waals surface area contributed by atoms with Gasteiger partial charge in [-0.25, -0.2) is 13.8 Å². The van der Waals surface area contributed by atoms with E-state index in [1.54, 1.807) is 7.05 Å². The van der Waals surface area contributed by atoms with Crippen LogP contribution in [0.25, 0.3) is 0 Å². The molecule has 1 aromatic carbocycles. The SMILES string of the molecule is Cn1cc(N(C2CCOCC2)S(=O)(=O)NC(=O)Nc2cc(Cl)cc(OCC(F)(F)F)c2)cn1.[H-].[Na+]. The zero-order chi connectivity index (χ0) is 24.2. The number of nitrogens with zero attached hydrogens (tertiary/aromatic N) is 3. The molecular formula is C18H22ClF3N5NaO5S. The molecule has 1 fully saturated rings. The number of carbonyl (C=O) groups is 1. The number of nitrogens with one attached hydrogen (secondary N) is 2. The first-order chi connectivity index (χ1) is 15.4. The number of amides is 2. The Morgan fingerprint density at radius 3 is 2.62 bits per heavy atom. The molecule has 10 nitrogen and oxygen atoms in total. The fraction of sp³-hybridized carbons (Fsp3) is 0.444. The van der Waals surface area contributed by atoms with Crippen molar-refractivity contribution in [3.05, 3.63) is 35.6 Å². The number of halogens is 4. The Morgan fingerprint density at radius 1 is 1.35 bits per heavy atom. The topological polar surface area (TPSA) is 115 Å². The van der Waals surface area contributed by atoms with Crippen LogP contribution in [-0.2, 0) is 22.0 Å². The minimum Gasteiger partial charge on any atom is -1.00 e. The maximum Gasteiger partial charge on any atom is 1.00 e. The molecule has 2 N–H and O–H groups in total. The minimum atomic E-state index is -4.57. The molecule has 184 valence electrons. The first kappa shape index (κ1) is 28.5. The molecule has 34 heavy (non-hydrogen) atoms. The number of alkyl halides is 3. The van der Waals surface area contributed by atoms with Gasteiger partial charge >= 0.3 is 52.0 Å². The fourth-order valence-corrected chi connectivity index (χ4v) is 4.78. The number of hydrogen-bond donors (Lipinski definition) is 2. The summed E-state index contributed by atoms with van der Waals surface area (Å²) in [6, 6.07) is 1.83. The van der Waals surface area contributed by atoms with Crippen LogP contribution in [0.15, 0.2) is 30.6 Å². The predicted octanol–water partition coefficient (Wildman–Crippen LogP) is 0.183. The Kier molecular flexibility index (Phi) is 9.91. The van der Waals surface area contributed by atoms with Gasteiger partial charge in [0.15, 0.2) is 6.61 Å². The van der Waals surface area contributed by atoms with Crippen LogP contribution in [0.4, 0.5) is 29.3 Å². The summed E-state index contributed by atoms with van der Waals surface area (Å²) in [7, 11) is -2.76. The van der Waals surface area contributed by atoms with Gasteiger partial charge in [0, 0.05) is 43.2 Å². The summed E-state index contributed by atoms with van der Waals surface area (Å²) < 4.78 is 77.6. The van der Waals surface area contributed by atoms with Gasteiger partial charge in [0.1, 0.15) is 5.75 Å². The third kappa shape index (κ3) is 8.20. The van der Waals surface area contributed by atoms with E-state index in [0.29, 0.717) is 26.1 Å². The summed E-state index contributed by atoms with van der Waals surface area (Å²) in [4.78, 5) is 12.5. The third-order valence-corrected chi connectivity index (χ3v) is 6.17. The molecule has 3 rings (SSSR count). The first-order valence-electron chi connectivity index (χ1n) is 9.63. The molecule has 1 aromatic heterocycles. The van der Waals surface area contributed by atoms with Crippen LogP contribution >= 0.6 is 11.6 Å². The zero-order valence-corrected chi connectivity index (χ0v) is 21.9. The molecule has 0 spiro atoms. The first-order valence-corrected chi connectivity index (χ1v) is 11.4. The molecule has 0 atom stereocenters. The van der Waals surface area contributed by atoms with Gasteiger partial charge in [-0.05, 0) is 25.0 Å². The molecule has 2 aromatic rings. The normalized spacial score (nSPS) is 14.7. The number of aryl methyl sites for hydroxylation is 1. The van der Waals surface area contributed by atoms with Gasteiger partial charge in [0.05, 0.1) is 17.9 Å². The van der Waals surface area contributed by atoms with Crippen LogP contribution in [0.2, 0.25) is 5.02 Å². The van der Waals surface area contributed by atoms with Crippen molar-refractivity contribution in [2.45, 2.75) is 25.1 Å². The van der Waals surface area contributed by atoms with Gasteiger partial charge in [0.25, 0.3) is 0 Å². The van der Waals surface area contributed by atoms with Gasteiger partial charge < -0.3 is 16.2 Å². The Labute approximate surface area is 222 Å². The van der Waals surface area contributed by atoms with E-state index in [2.05, 4.69) is 15.2 Å².